The maximum Gasteiger partial charge on any atom is 0.225 e. The number of amides is 1. The number of halogens is 1. The fraction of sp³-hybridized carbons (Fsp3) is 0.538. The highest BCUT2D eigenvalue weighted by molar-refractivity contribution is 9.10. The smallest absolute Gasteiger partial charge is 0.225 e. The van der Waals surface area contributed by atoms with Gasteiger partial charge in [-0.1, -0.05) is 41.6 Å². The van der Waals surface area contributed by atoms with Crippen LogP contribution in [-0.2, 0) is 4.79 Å². The van der Waals surface area contributed by atoms with E-state index in [1.807, 2.05) is 12.1 Å². The number of carbonyl (C=O) groups excluding carboxylic acids is 1. The van der Waals surface area contributed by atoms with Gasteiger partial charge in [-0.3, -0.25) is 4.79 Å². The summed E-state index contributed by atoms with van der Waals surface area (Å²) in [6, 6.07) is 3.65. The number of aromatic nitrogens is 1. The molecular weight excluding hydrogens is 280 g/mol. The second kappa shape index (κ2) is 6.15. The average Bonchev–Trinajstić information content (AvgIpc) is 2.79. The highest BCUT2D eigenvalue weighted by Crippen LogP contribution is 2.28. The molecule has 1 saturated carbocycles. The van der Waals surface area contributed by atoms with Gasteiger partial charge in [0.15, 0.2) is 0 Å². The van der Waals surface area contributed by atoms with Crippen molar-refractivity contribution in [2.24, 2.45) is 5.92 Å². The Hall–Kier alpha value is -0.900. The van der Waals surface area contributed by atoms with E-state index in [9.17, 15) is 4.79 Å². The van der Waals surface area contributed by atoms with Gasteiger partial charge < -0.3 is 5.32 Å². The van der Waals surface area contributed by atoms with Crippen LogP contribution in [-0.4, -0.2) is 10.9 Å². The second-order valence-corrected chi connectivity index (χ2v) is 5.51. The lowest BCUT2D eigenvalue weighted by atomic mass is 10.0. The summed E-state index contributed by atoms with van der Waals surface area (Å²) in [5.41, 5.74) is 0. The molecule has 1 N–H and O–H groups in total. The molecule has 1 amide bonds. The van der Waals surface area contributed by atoms with E-state index in [1.54, 1.807) is 6.20 Å². The number of anilines is 1. The predicted octanol–water partition coefficient (Wildman–Crippen LogP) is 3.75. The van der Waals surface area contributed by atoms with Crippen LogP contribution in [0.1, 0.15) is 38.5 Å². The molecule has 17 heavy (non-hydrogen) atoms. The van der Waals surface area contributed by atoms with E-state index in [2.05, 4.69) is 26.2 Å². The van der Waals surface area contributed by atoms with Gasteiger partial charge >= 0.3 is 0 Å². The molecule has 92 valence electrons. The Balaban J connectivity index is 1.76. The minimum Gasteiger partial charge on any atom is -0.311 e. The van der Waals surface area contributed by atoms with Crippen LogP contribution in [0.5, 0.6) is 0 Å². The summed E-state index contributed by atoms with van der Waals surface area (Å²) in [4.78, 5) is 15.8. The molecule has 4 heteroatoms. The van der Waals surface area contributed by atoms with E-state index in [1.165, 1.54) is 25.7 Å². The van der Waals surface area contributed by atoms with Gasteiger partial charge in [0.05, 0.1) is 0 Å². The van der Waals surface area contributed by atoms with Crippen LogP contribution in [0, 0.1) is 5.92 Å². The van der Waals surface area contributed by atoms with Crippen LogP contribution < -0.4 is 5.32 Å². The summed E-state index contributed by atoms with van der Waals surface area (Å²) in [7, 11) is 0. The number of nitrogens with one attached hydrogen (secondary N) is 1. The van der Waals surface area contributed by atoms with E-state index in [0.29, 0.717) is 12.2 Å². The van der Waals surface area contributed by atoms with Crippen LogP contribution in [0.25, 0.3) is 0 Å². The first-order chi connectivity index (χ1) is 8.24. The maximum atomic E-state index is 11.7. The molecule has 1 aromatic rings. The lowest BCUT2D eigenvalue weighted by Crippen LogP contribution is -2.13. The van der Waals surface area contributed by atoms with Gasteiger partial charge in [-0.15, -0.1) is 0 Å². The summed E-state index contributed by atoms with van der Waals surface area (Å²) in [5.74, 6) is 1.45. The number of hydrogen-bond donors (Lipinski definition) is 1. The quantitative estimate of drug-likeness (QED) is 0.919. The Morgan fingerprint density at radius 3 is 2.94 bits per heavy atom. The molecule has 1 fully saturated rings. The Morgan fingerprint density at radius 2 is 2.24 bits per heavy atom. The van der Waals surface area contributed by atoms with Gasteiger partial charge in [-0.25, -0.2) is 4.98 Å². The van der Waals surface area contributed by atoms with Crippen molar-refractivity contribution in [3.05, 3.63) is 22.8 Å². The predicted molar refractivity (Wildman–Crippen MR) is 71.8 cm³/mol. The van der Waals surface area contributed by atoms with Crippen molar-refractivity contribution < 1.29 is 4.79 Å². The number of pyridine rings is 1. The lowest BCUT2D eigenvalue weighted by Gasteiger charge is -2.08. The number of carbonyl (C=O) groups is 1. The van der Waals surface area contributed by atoms with Gasteiger partial charge in [-0.05, 0) is 24.5 Å². The van der Waals surface area contributed by atoms with E-state index >= 15 is 0 Å². The topological polar surface area (TPSA) is 42.0 Å². The molecule has 2 rings (SSSR count). The molecule has 0 atom stereocenters. The zero-order valence-electron chi connectivity index (χ0n) is 9.79. The largest absolute Gasteiger partial charge is 0.311 e. The van der Waals surface area contributed by atoms with Crippen LogP contribution in [0.2, 0.25) is 0 Å². The summed E-state index contributed by atoms with van der Waals surface area (Å²) in [6.07, 6.45) is 8.55. The number of nitrogens with zero attached hydrogens (tertiary/aromatic N) is 1. The second-order valence-electron chi connectivity index (χ2n) is 4.60. The third-order valence-corrected chi connectivity index (χ3v) is 3.74. The summed E-state index contributed by atoms with van der Waals surface area (Å²) >= 11 is 3.35. The third-order valence-electron chi connectivity index (χ3n) is 3.24. The van der Waals surface area contributed by atoms with Gasteiger partial charge in [0.25, 0.3) is 0 Å². The van der Waals surface area contributed by atoms with Crippen molar-refractivity contribution in [2.75, 3.05) is 5.32 Å². The fourth-order valence-corrected chi connectivity index (χ4v) is 2.65. The van der Waals surface area contributed by atoms with Crippen LogP contribution in [0.4, 0.5) is 5.82 Å². The minimum absolute atomic E-state index is 0.0718. The standard InChI is InChI=1S/C13H17BrN2O/c14-11-7-8-15-12(9-11)16-13(17)6-5-10-3-1-2-4-10/h7-10H,1-6H2,(H,15,16,17). The molecule has 0 unspecified atom stereocenters. The number of rotatable bonds is 4. The summed E-state index contributed by atoms with van der Waals surface area (Å²) in [6.45, 7) is 0. The molecule has 0 radical (unpaired) electrons. The zero-order valence-corrected chi connectivity index (χ0v) is 11.4. The molecular formula is C13H17BrN2O. The maximum absolute atomic E-state index is 11.7. The molecule has 1 aromatic heterocycles. The lowest BCUT2D eigenvalue weighted by molar-refractivity contribution is -0.116. The highest BCUT2D eigenvalue weighted by Gasteiger charge is 2.16. The van der Waals surface area contributed by atoms with Crippen LogP contribution >= 0.6 is 15.9 Å². The van der Waals surface area contributed by atoms with Crippen molar-refractivity contribution in [1.29, 1.82) is 0 Å². The SMILES string of the molecule is O=C(CCC1CCCC1)Nc1cc(Br)ccn1. The van der Waals surface area contributed by atoms with Crippen LogP contribution in [0.3, 0.4) is 0 Å². The summed E-state index contributed by atoms with van der Waals surface area (Å²) < 4.78 is 0.929. The average molecular weight is 297 g/mol. The minimum atomic E-state index is 0.0718. The van der Waals surface area contributed by atoms with E-state index in [0.717, 1.165) is 16.8 Å². The Kier molecular flexibility index (Phi) is 4.54. The zero-order chi connectivity index (χ0) is 12.1. The molecule has 1 aliphatic carbocycles. The first-order valence-corrected chi connectivity index (χ1v) is 6.95. The molecule has 0 aromatic carbocycles. The van der Waals surface area contributed by atoms with Gasteiger partial charge in [0.2, 0.25) is 5.91 Å². The first-order valence-electron chi connectivity index (χ1n) is 6.15. The Bertz CT molecular complexity index is 389. The Labute approximate surface area is 110 Å². The number of hydrogen-bond acceptors (Lipinski definition) is 2. The molecule has 0 spiro atoms. The normalized spacial score (nSPS) is 16.1. The fourth-order valence-electron chi connectivity index (χ4n) is 2.31. The molecule has 0 aliphatic heterocycles. The first kappa shape index (κ1) is 12.6. The van der Waals surface area contributed by atoms with E-state index in [-0.39, 0.29) is 5.91 Å². The van der Waals surface area contributed by atoms with Crippen molar-refractivity contribution >= 4 is 27.7 Å². The van der Waals surface area contributed by atoms with Gasteiger partial charge in [0.1, 0.15) is 5.82 Å². The highest BCUT2D eigenvalue weighted by atomic mass is 79.9. The molecule has 3 nitrogen and oxygen atoms in total. The van der Waals surface area contributed by atoms with Crippen molar-refractivity contribution in [1.82, 2.24) is 4.98 Å². The van der Waals surface area contributed by atoms with E-state index in [4.69, 9.17) is 0 Å². The van der Waals surface area contributed by atoms with Gasteiger partial charge in [0, 0.05) is 17.1 Å². The molecule has 1 heterocycles. The van der Waals surface area contributed by atoms with Crippen molar-refractivity contribution in [3.63, 3.8) is 0 Å². The molecule has 0 saturated heterocycles. The van der Waals surface area contributed by atoms with Crippen LogP contribution in [0.15, 0.2) is 22.8 Å². The monoisotopic (exact) mass is 296 g/mol. The van der Waals surface area contributed by atoms with Crippen molar-refractivity contribution in [3.8, 4) is 0 Å². The Morgan fingerprint density at radius 1 is 1.47 bits per heavy atom. The molecule has 1 aliphatic rings. The summed E-state index contributed by atoms with van der Waals surface area (Å²) in [5, 5.41) is 2.83. The van der Waals surface area contributed by atoms with E-state index < -0.39 is 0 Å². The molecule has 0 bridgehead atoms. The van der Waals surface area contributed by atoms with Gasteiger partial charge in [-0.2, -0.15) is 0 Å². The van der Waals surface area contributed by atoms with Crippen molar-refractivity contribution in [2.45, 2.75) is 38.5 Å². The third kappa shape index (κ3) is 4.11.